The maximum absolute atomic E-state index is 13.3. The summed E-state index contributed by atoms with van der Waals surface area (Å²) in [6, 6.07) is -1.68. The summed E-state index contributed by atoms with van der Waals surface area (Å²) in [7, 11) is -5.77. The van der Waals surface area contributed by atoms with Crippen LogP contribution >= 0.6 is 7.82 Å². The molecule has 0 aliphatic carbocycles. The number of phosphoric acid groups is 1. The Kier molecular flexibility index (Phi) is 23.5. The second-order valence-corrected chi connectivity index (χ2v) is 19.1. The number of carbonyl (C=O) groups excluding carboxylic acids is 3. The van der Waals surface area contributed by atoms with Crippen molar-refractivity contribution in [2.45, 2.75) is 167 Å². The summed E-state index contributed by atoms with van der Waals surface area (Å²) < 4.78 is 50.3. The molecular weight excluding hydrogens is 889 g/mol. The minimum Gasteiger partial charge on any atom is -0.756 e. The SMILES string of the molecule is C=C(C/C=C(\C)CCC=C(C)C)CCC(C)(C)/C=C/CC/C(C)=C\CO[C@H](COP(=O)([O-])O[C@H]1OC(C(N)=O)[C@@](C)(O)[C@H](OC(N)=O)C1O[C@@H]1OC(CO)[C@@H](O)[C@H](O)C1NC(C)=O)C(=O)O. The fourth-order valence-electron chi connectivity index (χ4n) is 6.93. The van der Waals surface area contributed by atoms with Gasteiger partial charge >= 0.3 is 12.1 Å². The number of phosphoric ester groups is 1. The molecule has 0 aromatic heterocycles. The number of hydrogen-bond acceptors (Lipinski definition) is 17. The molecule has 21 nitrogen and oxygen atoms in total. The van der Waals surface area contributed by atoms with Crippen molar-refractivity contribution in [3.63, 3.8) is 0 Å². The van der Waals surface area contributed by atoms with Crippen molar-refractivity contribution in [2.75, 3.05) is 19.8 Å². The Labute approximate surface area is 386 Å². The summed E-state index contributed by atoms with van der Waals surface area (Å²) in [5, 5.41) is 54.4. The van der Waals surface area contributed by atoms with Crippen molar-refractivity contribution >= 4 is 31.7 Å². The van der Waals surface area contributed by atoms with E-state index in [4.69, 9.17) is 44.2 Å². The minimum absolute atomic E-state index is 0.0665. The van der Waals surface area contributed by atoms with E-state index in [1.807, 2.05) is 6.92 Å². The molecule has 0 aromatic rings. The summed E-state index contributed by atoms with van der Waals surface area (Å²) in [6.45, 7) is 16.3. The smallest absolute Gasteiger partial charge is 0.404 e. The molecule has 0 bridgehead atoms. The molecule has 2 aliphatic rings. The molecule has 0 saturated carbocycles. The van der Waals surface area contributed by atoms with E-state index >= 15 is 0 Å². The van der Waals surface area contributed by atoms with Crippen molar-refractivity contribution in [3.8, 4) is 0 Å². The van der Waals surface area contributed by atoms with Gasteiger partial charge in [0.1, 0.15) is 30.0 Å². The first-order chi connectivity index (χ1) is 30.6. The number of carboxylic acid groups (broad SMARTS) is 1. The number of aliphatic hydroxyl groups is 4. The molecule has 12 atom stereocenters. The first-order valence-electron chi connectivity index (χ1n) is 21.6. The van der Waals surface area contributed by atoms with Crippen LogP contribution in [0.2, 0.25) is 0 Å². The first kappa shape index (κ1) is 58.3. The highest BCUT2D eigenvalue weighted by molar-refractivity contribution is 7.45. The number of hydrogen-bond donors (Lipinski definition) is 8. The quantitative estimate of drug-likeness (QED) is 0.0433. The summed E-state index contributed by atoms with van der Waals surface area (Å²) in [5.41, 5.74) is 12.6. The molecule has 0 spiro atoms. The Bertz CT molecular complexity index is 1830. The number of carbonyl (C=O) groups is 4. The van der Waals surface area contributed by atoms with Crippen LogP contribution in [0.15, 0.2) is 59.3 Å². The maximum Gasteiger partial charge on any atom is 0.404 e. The van der Waals surface area contributed by atoms with E-state index in [-0.39, 0.29) is 12.0 Å². The number of aliphatic hydroxyl groups excluding tert-OH is 3. The second-order valence-electron chi connectivity index (χ2n) is 17.7. The molecule has 2 saturated heterocycles. The van der Waals surface area contributed by atoms with Gasteiger partial charge in [0, 0.05) is 6.92 Å². The molecule has 3 amide bonds. The zero-order chi connectivity index (χ0) is 50.2. The molecule has 0 radical (unpaired) electrons. The third-order valence-electron chi connectivity index (χ3n) is 10.8. The van der Waals surface area contributed by atoms with Crippen molar-refractivity contribution < 1.29 is 86.9 Å². The normalized spacial score (nSPS) is 28.8. The van der Waals surface area contributed by atoms with Crippen LogP contribution in [0.4, 0.5) is 4.79 Å². The average molecular weight is 961 g/mol. The number of rotatable bonds is 27. The summed E-state index contributed by atoms with van der Waals surface area (Å²) in [4.78, 5) is 61.9. The number of carboxylic acids is 1. The van der Waals surface area contributed by atoms with Crippen LogP contribution in [-0.2, 0) is 51.7 Å². The van der Waals surface area contributed by atoms with Crippen molar-refractivity contribution in [2.24, 2.45) is 16.9 Å². The van der Waals surface area contributed by atoms with Gasteiger partial charge in [-0.2, -0.15) is 0 Å². The van der Waals surface area contributed by atoms with Crippen LogP contribution in [0.5, 0.6) is 0 Å². The molecule has 10 N–H and O–H groups in total. The third kappa shape index (κ3) is 19.4. The van der Waals surface area contributed by atoms with Crippen LogP contribution in [0.3, 0.4) is 0 Å². The lowest BCUT2D eigenvalue weighted by Gasteiger charge is -2.50. The van der Waals surface area contributed by atoms with E-state index < -0.39 is 112 Å². The number of allylic oxidation sites excluding steroid dienone is 8. The van der Waals surface area contributed by atoms with Gasteiger partial charge in [-0.05, 0) is 85.0 Å². The molecular formula is C44H71N3O18P-. The van der Waals surface area contributed by atoms with Crippen LogP contribution in [0.25, 0.3) is 0 Å². The minimum atomic E-state index is -5.77. The van der Waals surface area contributed by atoms with Crippen LogP contribution in [-0.4, -0.2) is 136 Å². The molecule has 0 aromatic carbocycles. The van der Waals surface area contributed by atoms with E-state index in [1.54, 1.807) is 6.08 Å². The molecule has 2 fully saturated rings. The zero-order valence-corrected chi connectivity index (χ0v) is 40.0. The Morgan fingerprint density at radius 1 is 0.970 bits per heavy atom. The third-order valence-corrected chi connectivity index (χ3v) is 11.8. The van der Waals surface area contributed by atoms with Crippen LogP contribution in [0.1, 0.15) is 100 Å². The number of nitrogens with two attached hydrogens (primary N) is 2. The molecule has 2 heterocycles. The number of ether oxygens (including phenoxy) is 5. The zero-order valence-electron chi connectivity index (χ0n) is 39.1. The predicted octanol–water partition coefficient (Wildman–Crippen LogP) is 2.44. The number of primary amides is 2. The van der Waals surface area contributed by atoms with Gasteiger partial charge in [-0.25, -0.2) is 9.59 Å². The molecule has 376 valence electrons. The molecule has 22 heteroatoms. The van der Waals surface area contributed by atoms with Gasteiger partial charge in [0.05, 0.1) is 19.8 Å². The highest BCUT2D eigenvalue weighted by Gasteiger charge is 2.60. The summed E-state index contributed by atoms with van der Waals surface area (Å²) >= 11 is 0. The molecule has 2 rings (SSSR count). The standard InChI is InChI=1S/C44H72N3O18P/c1-25(2)13-12-15-26(3)16-17-28(5)18-21-43(7,8)20-11-10-14-27(4)19-22-59-31(39(53)54)24-60-66(57,58)65-41-35(36(64-42(46)55)44(9,56)37(63-41)38(45)52)62-40-32(47-29(6)49)34(51)33(50)30(23-48)61-40/h11,13,16,19-20,30-37,40-41,48,50-51,56H,5,10,12,14-15,17-18,21-24H2,1-4,6-9H3,(H2,45,52)(H2,46,55)(H,47,49)(H,53,54)(H,57,58)/p-1/b20-11+,26-16+,27-19-/t30?,31-,32?,33-,34-,35?,36-,37?,40+,41-,44+/m1/s1. The lowest BCUT2D eigenvalue weighted by atomic mass is 9.85. The van der Waals surface area contributed by atoms with E-state index in [0.29, 0.717) is 12.8 Å². The maximum atomic E-state index is 13.3. The fraction of sp³-hybridized carbons (Fsp3) is 0.682. The van der Waals surface area contributed by atoms with Gasteiger partial charge in [-0.3, -0.25) is 18.7 Å². The highest BCUT2D eigenvalue weighted by atomic mass is 31.2. The predicted molar refractivity (Wildman–Crippen MR) is 237 cm³/mol. The van der Waals surface area contributed by atoms with Crippen molar-refractivity contribution in [1.29, 1.82) is 0 Å². The summed E-state index contributed by atoms with van der Waals surface area (Å²) in [6.07, 6.45) is -3.35. The fourth-order valence-corrected chi connectivity index (χ4v) is 7.73. The van der Waals surface area contributed by atoms with E-state index in [9.17, 15) is 54.2 Å². The Morgan fingerprint density at radius 2 is 1.61 bits per heavy atom. The molecule has 2 aliphatic heterocycles. The van der Waals surface area contributed by atoms with Gasteiger partial charge in [0.2, 0.25) is 11.8 Å². The first-order valence-corrected chi connectivity index (χ1v) is 23.0. The van der Waals surface area contributed by atoms with E-state index in [2.05, 4.69) is 70.8 Å². The lowest BCUT2D eigenvalue weighted by Crippen LogP contribution is -2.72. The van der Waals surface area contributed by atoms with Gasteiger partial charge in [0.15, 0.2) is 37.0 Å². The molecule has 66 heavy (non-hydrogen) atoms. The summed E-state index contributed by atoms with van der Waals surface area (Å²) in [5.74, 6) is -3.81. The van der Waals surface area contributed by atoms with Gasteiger partial charge in [-0.1, -0.05) is 73.1 Å². The topological polar surface area (TPSA) is 338 Å². The Balaban J connectivity index is 2.12. The largest absolute Gasteiger partial charge is 0.756 e. The van der Waals surface area contributed by atoms with E-state index in [0.717, 1.165) is 51.5 Å². The van der Waals surface area contributed by atoms with Crippen LogP contribution < -0.4 is 21.7 Å². The van der Waals surface area contributed by atoms with Gasteiger partial charge in [-0.15, -0.1) is 0 Å². The Hall–Kier alpha value is -3.83. The van der Waals surface area contributed by atoms with Crippen molar-refractivity contribution in [3.05, 3.63) is 59.3 Å². The number of amides is 3. The number of nitrogens with one attached hydrogen (secondary N) is 1. The van der Waals surface area contributed by atoms with Crippen LogP contribution in [0, 0.1) is 5.41 Å². The highest BCUT2D eigenvalue weighted by Crippen LogP contribution is 2.46. The van der Waals surface area contributed by atoms with Gasteiger partial charge in [0.25, 0.3) is 7.82 Å². The lowest BCUT2D eigenvalue weighted by molar-refractivity contribution is -0.359. The monoisotopic (exact) mass is 960 g/mol. The average Bonchev–Trinajstić information content (AvgIpc) is 3.20. The second kappa shape index (κ2) is 26.6. The van der Waals surface area contributed by atoms with E-state index in [1.165, 1.54) is 16.7 Å². The number of aliphatic carboxylic acids is 1. The molecule has 5 unspecified atom stereocenters. The van der Waals surface area contributed by atoms with Crippen molar-refractivity contribution in [1.82, 2.24) is 5.32 Å². The Morgan fingerprint density at radius 3 is 2.18 bits per heavy atom. The van der Waals surface area contributed by atoms with Gasteiger partial charge < -0.3 is 75.4 Å².